The molecule has 0 fully saturated rings. The van der Waals surface area contributed by atoms with Gasteiger partial charge < -0.3 is 9.30 Å². The molecule has 27 heavy (non-hydrogen) atoms. The summed E-state index contributed by atoms with van der Waals surface area (Å²) in [6.07, 6.45) is 4.10. The Morgan fingerprint density at radius 2 is 1.96 bits per heavy atom. The normalized spacial score (nSPS) is 11.9. The summed E-state index contributed by atoms with van der Waals surface area (Å²) in [6.45, 7) is 3.41. The summed E-state index contributed by atoms with van der Waals surface area (Å²) in [5, 5.41) is 0. The molecule has 142 valence electrons. The fraction of sp³-hybridized carbons (Fsp3) is 0.300. The van der Waals surface area contributed by atoms with Gasteiger partial charge in [-0.3, -0.25) is 4.79 Å². The first-order valence-corrected chi connectivity index (χ1v) is 12.1. The fourth-order valence-corrected chi connectivity index (χ4v) is 4.54. The highest BCUT2D eigenvalue weighted by atomic mass is 32.2. The van der Waals surface area contributed by atoms with Gasteiger partial charge in [0.05, 0.1) is 16.8 Å². The molecule has 7 heteroatoms. The molecule has 1 amide bonds. The van der Waals surface area contributed by atoms with Gasteiger partial charge in [0.25, 0.3) is 5.91 Å². The van der Waals surface area contributed by atoms with E-state index in [9.17, 15) is 4.79 Å². The van der Waals surface area contributed by atoms with E-state index in [0.29, 0.717) is 12.2 Å². The Balaban J connectivity index is 2.03. The third-order valence-electron chi connectivity index (χ3n) is 4.02. The number of nitrogens with zero attached hydrogens (tertiary/aromatic N) is 2. The van der Waals surface area contributed by atoms with Crippen LogP contribution in [0.25, 0.3) is 10.2 Å². The summed E-state index contributed by atoms with van der Waals surface area (Å²) in [6, 6.07) is 13.6. The summed E-state index contributed by atoms with van der Waals surface area (Å²) in [5.74, 6) is 1.59. The minimum atomic E-state index is -0.211. The Bertz CT molecular complexity index is 991. The van der Waals surface area contributed by atoms with Gasteiger partial charge in [0.2, 0.25) is 0 Å². The molecule has 3 rings (SSSR count). The van der Waals surface area contributed by atoms with E-state index < -0.39 is 0 Å². The molecule has 0 saturated heterocycles. The molecule has 3 aromatic rings. The standard InChI is InChI=1S/C20H22N2O2S3/c1-4-24-15-7-10-17-18(13-15)27-20(22(17)11-12-25-2)21-19(23)14-5-8-16(26-3)9-6-14/h5-10,13H,4,11-12H2,1-3H3. The molecule has 0 aliphatic rings. The van der Waals surface area contributed by atoms with Crippen LogP contribution in [-0.2, 0) is 6.54 Å². The van der Waals surface area contributed by atoms with Gasteiger partial charge in [-0.25, -0.2) is 0 Å². The Morgan fingerprint density at radius 3 is 2.63 bits per heavy atom. The number of amides is 1. The topological polar surface area (TPSA) is 43.6 Å². The Labute approximate surface area is 171 Å². The van der Waals surface area contributed by atoms with Crippen molar-refractivity contribution < 1.29 is 9.53 Å². The van der Waals surface area contributed by atoms with Crippen molar-refractivity contribution in [2.75, 3.05) is 24.9 Å². The number of ether oxygens (including phenoxy) is 1. The first-order valence-electron chi connectivity index (χ1n) is 8.64. The van der Waals surface area contributed by atoms with Gasteiger partial charge in [-0.1, -0.05) is 11.3 Å². The van der Waals surface area contributed by atoms with Crippen molar-refractivity contribution >= 4 is 51.0 Å². The van der Waals surface area contributed by atoms with Crippen LogP contribution in [0.2, 0.25) is 0 Å². The highest BCUT2D eigenvalue weighted by Gasteiger charge is 2.10. The zero-order valence-electron chi connectivity index (χ0n) is 15.6. The van der Waals surface area contributed by atoms with Crippen LogP contribution in [0.5, 0.6) is 5.75 Å². The number of aryl methyl sites for hydroxylation is 1. The van der Waals surface area contributed by atoms with Crippen molar-refractivity contribution in [2.45, 2.75) is 18.4 Å². The van der Waals surface area contributed by atoms with Gasteiger partial charge in [0.1, 0.15) is 5.75 Å². The van der Waals surface area contributed by atoms with Crippen LogP contribution in [0.1, 0.15) is 17.3 Å². The summed E-state index contributed by atoms with van der Waals surface area (Å²) >= 11 is 4.96. The third kappa shape index (κ3) is 4.78. The number of rotatable bonds is 7. The summed E-state index contributed by atoms with van der Waals surface area (Å²) in [7, 11) is 0. The number of benzene rings is 2. The van der Waals surface area contributed by atoms with Crippen molar-refractivity contribution in [3.05, 3.63) is 52.8 Å². The maximum Gasteiger partial charge on any atom is 0.279 e. The van der Waals surface area contributed by atoms with Crippen LogP contribution >= 0.6 is 34.9 Å². The number of fused-ring (bicyclic) bond motifs is 1. The average Bonchev–Trinajstić information content (AvgIpc) is 3.02. The van der Waals surface area contributed by atoms with Crippen molar-refractivity contribution in [3.8, 4) is 5.75 Å². The van der Waals surface area contributed by atoms with E-state index in [0.717, 1.165) is 38.0 Å². The number of hydrogen-bond donors (Lipinski definition) is 0. The SMILES string of the molecule is CCOc1ccc2c(c1)sc(=NC(=O)c1ccc(SC)cc1)n2CCSC. The maximum atomic E-state index is 12.7. The number of carbonyl (C=O) groups is 1. The highest BCUT2D eigenvalue weighted by molar-refractivity contribution is 7.98. The monoisotopic (exact) mass is 418 g/mol. The zero-order chi connectivity index (χ0) is 19.2. The van der Waals surface area contributed by atoms with Crippen LogP contribution in [0.15, 0.2) is 52.4 Å². The molecule has 0 unspecified atom stereocenters. The number of carbonyl (C=O) groups excluding carboxylic acids is 1. The smallest absolute Gasteiger partial charge is 0.279 e. The highest BCUT2D eigenvalue weighted by Crippen LogP contribution is 2.24. The Hall–Kier alpha value is -1.70. The molecule has 0 atom stereocenters. The molecule has 0 saturated carbocycles. The maximum absolute atomic E-state index is 12.7. The molecule has 2 aromatic carbocycles. The first kappa shape index (κ1) is 20.0. The van der Waals surface area contributed by atoms with E-state index in [-0.39, 0.29) is 5.91 Å². The predicted octanol–water partition coefficient (Wildman–Crippen LogP) is 4.93. The number of thioether (sulfide) groups is 2. The van der Waals surface area contributed by atoms with Crippen molar-refractivity contribution in [1.82, 2.24) is 4.57 Å². The molecule has 0 aliphatic heterocycles. The molecular formula is C20H22N2O2S3. The molecule has 1 heterocycles. The summed E-state index contributed by atoms with van der Waals surface area (Å²) in [4.78, 5) is 19.0. The average molecular weight is 419 g/mol. The Morgan fingerprint density at radius 1 is 1.19 bits per heavy atom. The van der Waals surface area contributed by atoms with Gasteiger partial charge in [0.15, 0.2) is 4.80 Å². The predicted molar refractivity (Wildman–Crippen MR) is 117 cm³/mol. The van der Waals surface area contributed by atoms with Crippen molar-refractivity contribution in [1.29, 1.82) is 0 Å². The lowest BCUT2D eigenvalue weighted by Crippen LogP contribution is -2.18. The Kier molecular flexibility index (Phi) is 7.04. The lowest BCUT2D eigenvalue weighted by molar-refractivity contribution is 0.0998. The molecule has 1 aromatic heterocycles. The number of aromatic nitrogens is 1. The van der Waals surface area contributed by atoms with Gasteiger partial charge in [-0.15, -0.1) is 11.8 Å². The number of thiazole rings is 1. The van der Waals surface area contributed by atoms with E-state index in [1.165, 1.54) is 11.3 Å². The van der Waals surface area contributed by atoms with Crippen molar-refractivity contribution in [3.63, 3.8) is 0 Å². The van der Waals surface area contributed by atoms with E-state index in [4.69, 9.17) is 4.74 Å². The molecule has 0 spiro atoms. The molecule has 0 aliphatic carbocycles. The number of hydrogen-bond acceptors (Lipinski definition) is 5. The van der Waals surface area contributed by atoms with E-state index >= 15 is 0 Å². The first-order chi connectivity index (χ1) is 13.2. The van der Waals surface area contributed by atoms with Gasteiger partial charge in [-0.2, -0.15) is 16.8 Å². The molecular weight excluding hydrogens is 396 g/mol. The third-order valence-corrected chi connectivity index (χ3v) is 6.39. The summed E-state index contributed by atoms with van der Waals surface area (Å²) in [5.41, 5.74) is 1.69. The van der Waals surface area contributed by atoms with Gasteiger partial charge in [0, 0.05) is 22.8 Å². The molecule has 0 radical (unpaired) electrons. The summed E-state index contributed by atoms with van der Waals surface area (Å²) < 4.78 is 8.81. The minimum Gasteiger partial charge on any atom is -0.494 e. The second kappa shape index (κ2) is 9.48. The quantitative estimate of drug-likeness (QED) is 0.511. The van der Waals surface area contributed by atoms with Crippen LogP contribution < -0.4 is 9.54 Å². The van der Waals surface area contributed by atoms with Crippen LogP contribution in [0.3, 0.4) is 0 Å². The minimum absolute atomic E-state index is 0.211. The fourth-order valence-electron chi connectivity index (χ4n) is 2.68. The van der Waals surface area contributed by atoms with Gasteiger partial charge in [-0.05, 0) is 61.9 Å². The molecule has 0 N–H and O–H groups in total. The second-order valence-corrected chi connectivity index (χ2v) is 8.61. The molecule has 0 bridgehead atoms. The van der Waals surface area contributed by atoms with Gasteiger partial charge >= 0.3 is 0 Å². The van der Waals surface area contributed by atoms with E-state index in [1.807, 2.05) is 55.6 Å². The zero-order valence-corrected chi connectivity index (χ0v) is 18.0. The largest absolute Gasteiger partial charge is 0.494 e. The van der Waals surface area contributed by atoms with Crippen LogP contribution in [0.4, 0.5) is 0 Å². The lowest BCUT2D eigenvalue weighted by Gasteiger charge is -2.05. The van der Waals surface area contributed by atoms with E-state index in [2.05, 4.69) is 15.8 Å². The lowest BCUT2D eigenvalue weighted by atomic mass is 10.2. The van der Waals surface area contributed by atoms with Crippen molar-refractivity contribution in [2.24, 2.45) is 4.99 Å². The molecule has 4 nitrogen and oxygen atoms in total. The second-order valence-electron chi connectivity index (χ2n) is 5.74. The van der Waals surface area contributed by atoms with Crippen LogP contribution in [0, 0.1) is 0 Å². The van der Waals surface area contributed by atoms with E-state index in [1.54, 1.807) is 23.5 Å². The van der Waals surface area contributed by atoms with Crippen LogP contribution in [-0.4, -0.2) is 35.3 Å².